The van der Waals surface area contributed by atoms with E-state index in [1.165, 1.54) is 43.5 Å². The fourth-order valence-electron chi connectivity index (χ4n) is 4.01. The van der Waals surface area contributed by atoms with E-state index < -0.39 is 0 Å². The molecule has 0 aliphatic carbocycles. The summed E-state index contributed by atoms with van der Waals surface area (Å²) in [7, 11) is 0. The molecule has 0 saturated carbocycles. The van der Waals surface area contributed by atoms with Crippen LogP contribution in [-0.2, 0) is 13.1 Å². The number of hydrogen-bond donors (Lipinski definition) is 0. The van der Waals surface area contributed by atoms with E-state index in [-0.39, 0.29) is 18.3 Å². The largest absolute Gasteiger partial charge is 0.494 e. The molecule has 0 spiro atoms. The maximum Gasteiger partial charge on any atom is 0.254 e. The SMILES string of the molecule is Cl.O=C(c1ccc(OCCCN2CCCCC2)cc1)N1Cc2ccccc2C1. The summed E-state index contributed by atoms with van der Waals surface area (Å²) < 4.78 is 5.86. The highest BCUT2D eigenvalue weighted by Crippen LogP contribution is 2.24. The third-order valence-corrected chi connectivity index (χ3v) is 5.57. The Balaban J connectivity index is 0.00000225. The number of fused-ring (bicyclic) bond motifs is 1. The topological polar surface area (TPSA) is 32.8 Å². The van der Waals surface area contributed by atoms with Gasteiger partial charge < -0.3 is 14.5 Å². The molecule has 2 aliphatic rings. The lowest BCUT2D eigenvalue weighted by molar-refractivity contribution is 0.0751. The lowest BCUT2D eigenvalue weighted by Gasteiger charge is -2.26. The molecule has 2 aromatic carbocycles. The van der Waals surface area contributed by atoms with E-state index in [9.17, 15) is 4.79 Å². The van der Waals surface area contributed by atoms with Gasteiger partial charge in [0.2, 0.25) is 0 Å². The van der Waals surface area contributed by atoms with Gasteiger partial charge in [0.05, 0.1) is 6.61 Å². The van der Waals surface area contributed by atoms with Crippen molar-refractivity contribution in [3.05, 3.63) is 65.2 Å². The molecule has 0 unspecified atom stereocenters. The third-order valence-electron chi connectivity index (χ3n) is 5.57. The van der Waals surface area contributed by atoms with Crippen molar-refractivity contribution in [1.82, 2.24) is 9.80 Å². The third kappa shape index (κ3) is 5.06. The smallest absolute Gasteiger partial charge is 0.254 e. The quantitative estimate of drug-likeness (QED) is 0.668. The molecular formula is C23H29ClN2O2. The molecule has 1 saturated heterocycles. The van der Waals surface area contributed by atoms with Crippen LogP contribution in [0.15, 0.2) is 48.5 Å². The van der Waals surface area contributed by atoms with Crippen molar-refractivity contribution >= 4 is 18.3 Å². The Morgan fingerprint density at radius 1 is 0.893 bits per heavy atom. The van der Waals surface area contributed by atoms with Gasteiger partial charge in [0.25, 0.3) is 5.91 Å². The average Bonchev–Trinajstić information content (AvgIpc) is 3.16. The van der Waals surface area contributed by atoms with Gasteiger partial charge in [-0.05, 0) is 67.7 Å². The Kier molecular flexibility index (Phi) is 7.35. The van der Waals surface area contributed by atoms with E-state index in [4.69, 9.17) is 4.74 Å². The van der Waals surface area contributed by atoms with Gasteiger partial charge in [0.15, 0.2) is 0 Å². The summed E-state index contributed by atoms with van der Waals surface area (Å²) in [6.07, 6.45) is 5.09. The normalized spacial score (nSPS) is 16.4. The van der Waals surface area contributed by atoms with Gasteiger partial charge >= 0.3 is 0 Å². The summed E-state index contributed by atoms with van der Waals surface area (Å²) in [6, 6.07) is 15.9. The van der Waals surface area contributed by atoms with E-state index in [2.05, 4.69) is 17.0 Å². The molecule has 0 radical (unpaired) electrons. The molecule has 2 aromatic rings. The van der Waals surface area contributed by atoms with Crippen LogP contribution in [0.3, 0.4) is 0 Å². The number of benzene rings is 2. The molecule has 28 heavy (non-hydrogen) atoms. The average molecular weight is 401 g/mol. The van der Waals surface area contributed by atoms with E-state index in [0.29, 0.717) is 13.1 Å². The van der Waals surface area contributed by atoms with E-state index in [0.717, 1.165) is 30.9 Å². The van der Waals surface area contributed by atoms with Crippen molar-refractivity contribution in [3.8, 4) is 5.75 Å². The number of hydrogen-bond acceptors (Lipinski definition) is 3. The highest BCUT2D eigenvalue weighted by Gasteiger charge is 2.23. The minimum Gasteiger partial charge on any atom is -0.494 e. The molecule has 0 aromatic heterocycles. The van der Waals surface area contributed by atoms with Crippen LogP contribution in [0.1, 0.15) is 47.2 Å². The Labute approximate surface area is 173 Å². The van der Waals surface area contributed by atoms with Gasteiger partial charge in [-0.25, -0.2) is 0 Å². The van der Waals surface area contributed by atoms with Crippen LogP contribution >= 0.6 is 12.4 Å². The number of amides is 1. The number of rotatable bonds is 6. The zero-order valence-electron chi connectivity index (χ0n) is 16.3. The molecule has 0 atom stereocenters. The maximum absolute atomic E-state index is 12.7. The monoisotopic (exact) mass is 400 g/mol. The molecule has 1 fully saturated rings. The fourth-order valence-corrected chi connectivity index (χ4v) is 4.01. The molecule has 5 heteroatoms. The number of nitrogens with zero attached hydrogens (tertiary/aromatic N) is 2. The molecule has 150 valence electrons. The molecule has 0 N–H and O–H groups in total. The highest BCUT2D eigenvalue weighted by atomic mass is 35.5. The molecule has 0 bridgehead atoms. The second kappa shape index (κ2) is 9.94. The maximum atomic E-state index is 12.7. The van der Waals surface area contributed by atoms with Crippen LogP contribution in [0.25, 0.3) is 0 Å². The van der Waals surface area contributed by atoms with Crippen LogP contribution in [0.4, 0.5) is 0 Å². The van der Waals surface area contributed by atoms with Gasteiger partial charge in [-0.3, -0.25) is 4.79 Å². The molecule has 4 nitrogen and oxygen atoms in total. The van der Waals surface area contributed by atoms with Crippen molar-refractivity contribution in [2.24, 2.45) is 0 Å². The Morgan fingerprint density at radius 2 is 1.54 bits per heavy atom. The van der Waals surface area contributed by atoms with Crippen molar-refractivity contribution in [2.75, 3.05) is 26.2 Å². The van der Waals surface area contributed by atoms with Crippen LogP contribution in [0.2, 0.25) is 0 Å². The van der Waals surface area contributed by atoms with Gasteiger partial charge in [-0.15, -0.1) is 12.4 Å². The van der Waals surface area contributed by atoms with Gasteiger partial charge in [0, 0.05) is 25.2 Å². The number of carbonyl (C=O) groups is 1. The van der Waals surface area contributed by atoms with E-state index in [1.807, 2.05) is 41.3 Å². The number of ether oxygens (including phenoxy) is 1. The first-order valence-electron chi connectivity index (χ1n) is 10.1. The van der Waals surface area contributed by atoms with Crippen LogP contribution in [0.5, 0.6) is 5.75 Å². The lowest BCUT2D eigenvalue weighted by atomic mass is 10.1. The summed E-state index contributed by atoms with van der Waals surface area (Å²) in [5.74, 6) is 0.928. The number of carbonyl (C=O) groups excluding carboxylic acids is 1. The van der Waals surface area contributed by atoms with E-state index in [1.54, 1.807) is 0 Å². The number of halogens is 1. The van der Waals surface area contributed by atoms with Crippen molar-refractivity contribution in [1.29, 1.82) is 0 Å². The Bertz CT molecular complexity index is 747. The summed E-state index contributed by atoms with van der Waals surface area (Å²) in [4.78, 5) is 17.2. The van der Waals surface area contributed by atoms with Gasteiger partial charge in [0.1, 0.15) is 5.75 Å². The molecule has 4 rings (SSSR count). The van der Waals surface area contributed by atoms with Crippen molar-refractivity contribution < 1.29 is 9.53 Å². The Hall–Kier alpha value is -2.04. The molecular weight excluding hydrogens is 372 g/mol. The zero-order valence-corrected chi connectivity index (χ0v) is 17.1. The van der Waals surface area contributed by atoms with Gasteiger partial charge in [-0.1, -0.05) is 30.7 Å². The first-order valence-corrected chi connectivity index (χ1v) is 10.1. The summed E-state index contributed by atoms with van der Waals surface area (Å²) in [6.45, 7) is 5.71. The zero-order chi connectivity index (χ0) is 18.5. The summed E-state index contributed by atoms with van der Waals surface area (Å²) in [5, 5.41) is 0. The van der Waals surface area contributed by atoms with Crippen LogP contribution in [0, 0.1) is 0 Å². The standard InChI is InChI=1S/C23H28N2O2.ClH/c26-23(25-17-20-7-2-3-8-21(20)18-25)19-9-11-22(12-10-19)27-16-6-15-24-13-4-1-5-14-24;/h2-3,7-12H,1,4-6,13-18H2;1H. The Morgan fingerprint density at radius 3 is 2.18 bits per heavy atom. The van der Waals surface area contributed by atoms with Crippen molar-refractivity contribution in [2.45, 2.75) is 38.8 Å². The van der Waals surface area contributed by atoms with Crippen LogP contribution < -0.4 is 4.74 Å². The van der Waals surface area contributed by atoms with Gasteiger partial charge in [-0.2, -0.15) is 0 Å². The van der Waals surface area contributed by atoms with Crippen molar-refractivity contribution in [3.63, 3.8) is 0 Å². The first-order chi connectivity index (χ1) is 13.3. The minimum absolute atomic E-state index is 0. The lowest BCUT2D eigenvalue weighted by Crippen LogP contribution is -2.31. The summed E-state index contributed by atoms with van der Waals surface area (Å²) in [5.41, 5.74) is 3.22. The summed E-state index contributed by atoms with van der Waals surface area (Å²) >= 11 is 0. The predicted molar refractivity (Wildman–Crippen MR) is 114 cm³/mol. The number of piperidine rings is 1. The fraction of sp³-hybridized carbons (Fsp3) is 0.435. The van der Waals surface area contributed by atoms with E-state index >= 15 is 0 Å². The first kappa shape index (κ1) is 20.7. The predicted octanol–water partition coefficient (Wildman–Crippen LogP) is 4.52. The molecule has 2 aliphatic heterocycles. The highest BCUT2D eigenvalue weighted by molar-refractivity contribution is 5.94. The number of likely N-dealkylation sites (tertiary alicyclic amines) is 1. The second-order valence-electron chi connectivity index (χ2n) is 7.56. The minimum atomic E-state index is 0. The molecule has 1 amide bonds. The van der Waals surface area contributed by atoms with Crippen LogP contribution in [-0.4, -0.2) is 41.9 Å². The molecule has 2 heterocycles. The second-order valence-corrected chi connectivity index (χ2v) is 7.56.